The number of rotatable bonds is 5. The number of aromatic nitrogens is 2. The molecule has 0 saturated carbocycles. The van der Waals surface area contributed by atoms with E-state index in [9.17, 15) is 14.4 Å². The van der Waals surface area contributed by atoms with Crippen LogP contribution in [0.15, 0.2) is 36.4 Å². The minimum Gasteiger partial charge on any atom is -0.465 e. The molecule has 9 nitrogen and oxygen atoms in total. The third kappa shape index (κ3) is 4.38. The van der Waals surface area contributed by atoms with Crippen LogP contribution in [-0.2, 0) is 9.53 Å². The lowest BCUT2D eigenvalue weighted by Gasteiger charge is -2.32. The highest BCUT2D eigenvalue weighted by atomic mass is 16.5. The Hall–Kier alpha value is -3.49. The highest BCUT2D eigenvalue weighted by molar-refractivity contribution is 5.92. The summed E-state index contributed by atoms with van der Waals surface area (Å²) >= 11 is 0. The van der Waals surface area contributed by atoms with Crippen molar-refractivity contribution in [3.63, 3.8) is 0 Å². The van der Waals surface area contributed by atoms with Crippen molar-refractivity contribution in [1.82, 2.24) is 20.0 Å². The Kier molecular flexibility index (Phi) is 5.60. The Labute approximate surface area is 155 Å². The molecule has 9 heteroatoms. The average Bonchev–Trinajstić information content (AvgIpc) is 2.73. The largest absolute Gasteiger partial charge is 0.465 e. The van der Waals surface area contributed by atoms with Gasteiger partial charge in [-0.05, 0) is 30.3 Å². The zero-order chi connectivity index (χ0) is 19.2. The van der Waals surface area contributed by atoms with Crippen LogP contribution in [-0.4, -0.2) is 71.6 Å². The molecule has 2 aromatic rings. The maximum atomic E-state index is 12.5. The molecule has 1 aliphatic heterocycles. The van der Waals surface area contributed by atoms with Crippen molar-refractivity contribution in [1.29, 1.82) is 0 Å². The van der Waals surface area contributed by atoms with Crippen LogP contribution in [0.25, 0.3) is 0 Å². The van der Waals surface area contributed by atoms with Crippen molar-refractivity contribution in [3.8, 4) is 0 Å². The van der Waals surface area contributed by atoms with Gasteiger partial charge in [0.25, 0.3) is 5.91 Å². The van der Waals surface area contributed by atoms with Crippen molar-refractivity contribution in [2.75, 3.05) is 38.6 Å². The van der Waals surface area contributed by atoms with Gasteiger partial charge in [-0.15, -0.1) is 10.2 Å². The maximum Gasteiger partial charge on any atom is 0.337 e. The minimum atomic E-state index is -0.430. The second-order valence-corrected chi connectivity index (χ2v) is 5.93. The fraction of sp³-hybridized carbons (Fsp3) is 0.278. The number of carbonyl (C=O) groups excluding carboxylic acids is 3. The van der Waals surface area contributed by atoms with Crippen molar-refractivity contribution in [3.05, 3.63) is 47.7 Å². The quantitative estimate of drug-likeness (QED) is 0.617. The Morgan fingerprint density at radius 3 is 2.52 bits per heavy atom. The van der Waals surface area contributed by atoms with E-state index in [1.54, 1.807) is 46.2 Å². The smallest absolute Gasteiger partial charge is 0.337 e. The number of hydrogen-bond donors (Lipinski definition) is 1. The minimum absolute atomic E-state index is 0.215. The molecule has 1 N–H and O–H groups in total. The lowest BCUT2D eigenvalue weighted by atomic mass is 10.2. The van der Waals surface area contributed by atoms with Crippen LogP contribution in [0.2, 0.25) is 0 Å². The van der Waals surface area contributed by atoms with Gasteiger partial charge >= 0.3 is 5.97 Å². The first-order valence-electron chi connectivity index (χ1n) is 8.38. The van der Waals surface area contributed by atoms with Crippen LogP contribution >= 0.6 is 0 Å². The molecule has 2 amide bonds. The molecule has 0 bridgehead atoms. The lowest BCUT2D eigenvalue weighted by molar-refractivity contribution is -0.119. The molecular formula is C18H19N5O4. The SMILES string of the molecule is COC(=O)c1cccc(Nc2ccc(C(=O)N3CCN(C=O)CC3)nn2)c1. The third-order valence-corrected chi connectivity index (χ3v) is 4.19. The van der Waals surface area contributed by atoms with Gasteiger partial charge < -0.3 is 19.9 Å². The summed E-state index contributed by atoms with van der Waals surface area (Å²) in [6.45, 7) is 1.97. The molecule has 0 spiro atoms. The summed E-state index contributed by atoms with van der Waals surface area (Å²) in [6, 6.07) is 10.0. The van der Waals surface area contributed by atoms with Crippen LogP contribution in [0.1, 0.15) is 20.8 Å². The van der Waals surface area contributed by atoms with Gasteiger partial charge in [0.05, 0.1) is 12.7 Å². The number of methoxy groups -OCH3 is 1. The number of amides is 2. The number of carbonyl (C=O) groups is 3. The van der Waals surface area contributed by atoms with Crippen LogP contribution in [0.4, 0.5) is 11.5 Å². The average molecular weight is 369 g/mol. The number of piperazine rings is 1. The highest BCUT2D eigenvalue weighted by Gasteiger charge is 2.22. The fourth-order valence-corrected chi connectivity index (χ4v) is 2.70. The Morgan fingerprint density at radius 1 is 1.11 bits per heavy atom. The van der Waals surface area contributed by atoms with Crippen LogP contribution in [0.3, 0.4) is 0 Å². The molecule has 0 aliphatic carbocycles. The molecule has 1 aliphatic rings. The van der Waals surface area contributed by atoms with Crippen LogP contribution < -0.4 is 5.32 Å². The zero-order valence-electron chi connectivity index (χ0n) is 14.8. The molecule has 1 saturated heterocycles. The molecule has 0 unspecified atom stereocenters. The normalized spacial score (nSPS) is 13.8. The second kappa shape index (κ2) is 8.26. The Bertz CT molecular complexity index is 832. The van der Waals surface area contributed by atoms with Gasteiger partial charge in [0.15, 0.2) is 11.5 Å². The summed E-state index contributed by atoms with van der Waals surface area (Å²) in [5, 5.41) is 11.0. The van der Waals surface area contributed by atoms with E-state index in [1.165, 1.54) is 7.11 Å². The van der Waals surface area contributed by atoms with Gasteiger partial charge in [-0.25, -0.2) is 4.79 Å². The van der Waals surface area contributed by atoms with Crippen molar-refractivity contribution < 1.29 is 19.1 Å². The first-order valence-corrected chi connectivity index (χ1v) is 8.38. The monoisotopic (exact) mass is 369 g/mol. The molecule has 1 aromatic carbocycles. The molecule has 3 rings (SSSR count). The molecule has 140 valence electrons. The van der Waals surface area contributed by atoms with E-state index in [2.05, 4.69) is 15.5 Å². The molecule has 0 atom stereocenters. The number of nitrogens with zero attached hydrogens (tertiary/aromatic N) is 4. The van der Waals surface area contributed by atoms with E-state index in [4.69, 9.17) is 4.74 Å². The van der Waals surface area contributed by atoms with Crippen molar-refractivity contribution in [2.45, 2.75) is 0 Å². The number of esters is 1. The summed E-state index contributed by atoms with van der Waals surface area (Å²) in [7, 11) is 1.32. The van der Waals surface area contributed by atoms with E-state index < -0.39 is 5.97 Å². The number of nitrogens with one attached hydrogen (secondary N) is 1. The zero-order valence-corrected chi connectivity index (χ0v) is 14.8. The molecule has 0 radical (unpaired) electrons. The first kappa shape index (κ1) is 18.3. The van der Waals surface area contributed by atoms with E-state index in [0.717, 1.165) is 6.41 Å². The van der Waals surface area contributed by atoms with Gasteiger partial charge in [0.2, 0.25) is 6.41 Å². The van der Waals surface area contributed by atoms with Crippen LogP contribution in [0, 0.1) is 0 Å². The van der Waals surface area contributed by atoms with Gasteiger partial charge in [-0.1, -0.05) is 6.07 Å². The molecule has 2 heterocycles. The van der Waals surface area contributed by atoms with Gasteiger partial charge in [0.1, 0.15) is 0 Å². The fourth-order valence-electron chi connectivity index (χ4n) is 2.70. The number of anilines is 2. The Morgan fingerprint density at radius 2 is 1.89 bits per heavy atom. The van der Waals surface area contributed by atoms with E-state index >= 15 is 0 Å². The first-order chi connectivity index (χ1) is 13.1. The number of ether oxygens (including phenoxy) is 1. The number of hydrogen-bond acceptors (Lipinski definition) is 7. The van der Waals surface area contributed by atoms with Gasteiger partial charge in [-0.2, -0.15) is 0 Å². The summed E-state index contributed by atoms with van der Waals surface area (Å²) < 4.78 is 4.70. The van der Waals surface area contributed by atoms with Crippen LogP contribution in [0.5, 0.6) is 0 Å². The van der Waals surface area contributed by atoms with Gasteiger partial charge in [-0.3, -0.25) is 9.59 Å². The number of benzene rings is 1. The summed E-state index contributed by atoms with van der Waals surface area (Å²) in [6.07, 6.45) is 0.789. The molecule has 27 heavy (non-hydrogen) atoms. The summed E-state index contributed by atoms with van der Waals surface area (Å²) in [4.78, 5) is 38.1. The van der Waals surface area contributed by atoms with Crippen molar-refractivity contribution in [2.24, 2.45) is 0 Å². The van der Waals surface area contributed by atoms with Crippen molar-refractivity contribution >= 4 is 29.8 Å². The lowest BCUT2D eigenvalue weighted by Crippen LogP contribution is -2.48. The van der Waals surface area contributed by atoms with E-state index in [-0.39, 0.29) is 11.6 Å². The highest BCUT2D eigenvalue weighted by Crippen LogP contribution is 2.16. The summed E-state index contributed by atoms with van der Waals surface area (Å²) in [5.41, 5.74) is 1.30. The predicted molar refractivity (Wildman–Crippen MR) is 96.6 cm³/mol. The van der Waals surface area contributed by atoms with E-state index in [1.807, 2.05) is 0 Å². The van der Waals surface area contributed by atoms with Gasteiger partial charge in [0, 0.05) is 31.9 Å². The third-order valence-electron chi connectivity index (χ3n) is 4.19. The Balaban J connectivity index is 1.64. The molecule has 1 aromatic heterocycles. The maximum absolute atomic E-state index is 12.5. The summed E-state index contributed by atoms with van der Waals surface area (Å²) in [5.74, 6) is -0.202. The molecule has 1 fully saturated rings. The molecular weight excluding hydrogens is 350 g/mol. The second-order valence-electron chi connectivity index (χ2n) is 5.93. The van der Waals surface area contributed by atoms with E-state index in [0.29, 0.717) is 43.2 Å². The topological polar surface area (TPSA) is 105 Å². The predicted octanol–water partition coefficient (Wildman–Crippen LogP) is 0.921. The standard InChI is InChI=1S/C18H19N5O4/c1-27-18(26)13-3-2-4-14(11-13)19-16-6-5-15(20-21-16)17(25)23-9-7-22(12-24)8-10-23/h2-6,11-12H,7-10H2,1H3,(H,19,21).